The van der Waals surface area contributed by atoms with Crippen molar-refractivity contribution in [3.8, 4) is 0 Å². The molecular formula is C16H24N2O. The molecule has 0 atom stereocenters. The number of nitrogens with zero attached hydrogens (tertiary/aromatic N) is 1. The Balaban J connectivity index is 1.58. The molecule has 0 unspecified atom stereocenters. The predicted molar refractivity (Wildman–Crippen MR) is 77.4 cm³/mol. The predicted octanol–water partition coefficient (Wildman–Crippen LogP) is 1.99. The van der Waals surface area contributed by atoms with Gasteiger partial charge in [-0.2, -0.15) is 0 Å². The molecule has 3 heteroatoms. The summed E-state index contributed by atoms with van der Waals surface area (Å²) in [5, 5.41) is 3.40. The van der Waals surface area contributed by atoms with E-state index >= 15 is 0 Å². The molecule has 104 valence electrons. The van der Waals surface area contributed by atoms with E-state index in [1.807, 2.05) is 0 Å². The van der Waals surface area contributed by atoms with E-state index in [1.54, 1.807) is 0 Å². The Bertz CT molecular complexity index is 378. The van der Waals surface area contributed by atoms with Crippen LogP contribution in [0.1, 0.15) is 29.9 Å². The molecule has 0 amide bonds. The van der Waals surface area contributed by atoms with E-state index in [2.05, 4.69) is 34.5 Å². The molecule has 0 radical (unpaired) electrons. The smallest absolute Gasteiger partial charge is 0.0471 e. The van der Waals surface area contributed by atoms with Crippen LogP contribution in [0.3, 0.4) is 0 Å². The summed E-state index contributed by atoms with van der Waals surface area (Å²) in [6.07, 6.45) is 2.36. The van der Waals surface area contributed by atoms with Gasteiger partial charge in [-0.3, -0.25) is 4.90 Å². The van der Waals surface area contributed by atoms with E-state index < -0.39 is 0 Å². The molecule has 0 saturated carbocycles. The average molecular weight is 260 g/mol. The molecule has 1 aromatic carbocycles. The lowest BCUT2D eigenvalue weighted by molar-refractivity contribution is 0.0853. The highest BCUT2D eigenvalue weighted by Crippen LogP contribution is 2.27. The van der Waals surface area contributed by atoms with Crippen LogP contribution in [0.2, 0.25) is 0 Å². The number of hydrogen-bond donors (Lipinski definition) is 1. The first-order chi connectivity index (χ1) is 9.42. The molecule has 3 rings (SSSR count). The van der Waals surface area contributed by atoms with Crippen molar-refractivity contribution < 1.29 is 4.74 Å². The van der Waals surface area contributed by atoms with E-state index in [4.69, 9.17) is 4.74 Å². The minimum absolute atomic E-state index is 0.710. The van der Waals surface area contributed by atoms with Crippen molar-refractivity contribution in [3.63, 3.8) is 0 Å². The highest BCUT2D eigenvalue weighted by molar-refractivity contribution is 5.25. The van der Waals surface area contributed by atoms with Crippen molar-refractivity contribution in [2.24, 2.45) is 0 Å². The Morgan fingerprint density at radius 3 is 2.42 bits per heavy atom. The highest BCUT2D eigenvalue weighted by atomic mass is 16.5. The Morgan fingerprint density at radius 1 is 1.05 bits per heavy atom. The van der Waals surface area contributed by atoms with Crippen molar-refractivity contribution in [3.05, 3.63) is 35.4 Å². The van der Waals surface area contributed by atoms with Gasteiger partial charge in [0.2, 0.25) is 0 Å². The summed E-state index contributed by atoms with van der Waals surface area (Å²) in [4.78, 5) is 2.53. The van der Waals surface area contributed by atoms with Gasteiger partial charge in [0.1, 0.15) is 0 Å². The SMILES string of the molecule is c1cc(C2CCOCC2)ccc1CN1CCNCC1. The second kappa shape index (κ2) is 6.51. The summed E-state index contributed by atoms with van der Waals surface area (Å²) in [7, 11) is 0. The highest BCUT2D eigenvalue weighted by Gasteiger charge is 2.16. The van der Waals surface area contributed by atoms with Crippen LogP contribution in [0, 0.1) is 0 Å². The molecule has 0 spiro atoms. The first-order valence-electron chi connectivity index (χ1n) is 7.51. The van der Waals surface area contributed by atoms with Crippen LogP contribution in [-0.2, 0) is 11.3 Å². The monoisotopic (exact) mass is 260 g/mol. The number of hydrogen-bond acceptors (Lipinski definition) is 3. The molecule has 0 aliphatic carbocycles. The van der Waals surface area contributed by atoms with Gasteiger partial charge in [-0.15, -0.1) is 0 Å². The van der Waals surface area contributed by atoms with Gasteiger partial charge in [0.05, 0.1) is 0 Å². The first kappa shape index (κ1) is 13.1. The Hall–Kier alpha value is -0.900. The van der Waals surface area contributed by atoms with E-state index in [1.165, 1.54) is 37.1 Å². The Morgan fingerprint density at radius 2 is 1.74 bits per heavy atom. The quantitative estimate of drug-likeness (QED) is 0.899. The molecule has 1 aromatic rings. The maximum absolute atomic E-state index is 5.43. The summed E-state index contributed by atoms with van der Waals surface area (Å²) in [5.74, 6) is 0.710. The number of benzene rings is 1. The fraction of sp³-hybridized carbons (Fsp3) is 0.625. The topological polar surface area (TPSA) is 24.5 Å². The number of ether oxygens (including phenoxy) is 1. The standard InChI is InChI=1S/C16H24N2O/c1-3-15(16-5-11-19-12-6-16)4-2-14(1)13-18-9-7-17-8-10-18/h1-4,16-17H,5-13H2. The fourth-order valence-corrected chi connectivity index (χ4v) is 3.05. The lowest BCUT2D eigenvalue weighted by Gasteiger charge is -2.27. The Kier molecular flexibility index (Phi) is 4.49. The third-order valence-electron chi connectivity index (χ3n) is 4.29. The van der Waals surface area contributed by atoms with E-state index in [0.29, 0.717) is 5.92 Å². The largest absolute Gasteiger partial charge is 0.381 e. The summed E-state index contributed by atoms with van der Waals surface area (Å²) in [6, 6.07) is 9.28. The van der Waals surface area contributed by atoms with Gasteiger partial charge in [-0.1, -0.05) is 24.3 Å². The van der Waals surface area contributed by atoms with Crippen LogP contribution in [0.5, 0.6) is 0 Å². The molecule has 2 aliphatic heterocycles. The Labute approximate surface area is 115 Å². The minimum Gasteiger partial charge on any atom is -0.381 e. The van der Waals surface area contributed by atoms with Crippen molar-refractivity contribution in [2.45, 2.75) is 25.3 Å². The summed E-state index contributed by atoms with van der Waals surface area (Å²) in [5.41, 5.74) is 2.94. The van der Waals surface area contributed by atoms with Gasteiger partial charge in [-0.05, 0) is 29.9 Å². The van der Waals surface area contributed by atoms with Crippen LogP contribution >= 0.6 is 0 Å². The molecule has 3 nitrogen and oxygen atoms in total. The van der Waals surface area contributed by atoms with Gasteiger partial charge in [0.15, 0.2) is 0 Å². The van der Waals surface area contributed by atoms with Crippen LogP contribution < -0.4 is 5.32 Å². The molecule has 19 heavy (non-hydrogen) atoms. The zero-order valence-corrected chi connectivity index (χ0v) is 11.6. The molecule has 2 heterocycles. The summed E-state index contributed by atoms with van der Waals surface area (Å²) >= 11 is 0. The second-order valence-electron chi connectivity index (χ2n) is 5.65. The van der Waals surface area contributed by atoms with Crippen LogP contribution in [0.15, 0.2) is 24.3 Å². The van der Waals surface area contributed by atoms with Gasteiger partial charge < -0.3 is 10.1 Å². The fourth-order valence-electron chi connectivity index (χ4n) is 3.05. The maximum atomic E-state index is 5.43. The molecule has 1 N–H and O–H groups in total. The summed E-state index contributed by atoms with van der Waals surface area (Å²) < 4.78 is 5.43. The summed E-state index contributed by atoms with van der Waals surface area (Å²) in [6.45, 7) is 7.53. The van der Waals surface area contributed by atoms with E-state index in [9.17, 15) is 0 Å². The van der Waals surface area contributed by atoms with Gasteiger partial charge >= 0.3 is 0 Å². The molecule has 2 saturated heterocycles. The molecule has 2 aliphatic rings. The zero-order valence-electron chi connectivity index (χ0n) is 11.6. The third kappa shape index (κ3) is 3.56. The molecular weight excluding hydrogens is 236 g/mol. The van der Waals surface area contributed by atoms with E-state index in [0.717, 1.165) is 32.8 Å². The normalized spacial score (nSPS) is 22.5. The van der Waals surface area contributed by atoms with Crippen molar-refractivity contribution in [2.75, 3.05) is 39.4 Å². The minimum atomic E-state index is 0.710. The number of rotatable bonds is 3. The van der Waals surface area contributed by atoms with Crippen molar-refractivity contribution in [1.29, 1.82) is 0 Å². The zero-order chi connectivity index (χ0) is 12.9. The maximum Gasteiger partial charge on any atom is 0.0471 e. The first-order valence-corrected chi connectivity index (χ1v) is 7.51. The van der Waals surface area contributed by atoms with Crippen molar-refractivity contribution in [1.82, 2.24) is 10.2 Å². The lowest BCUT2D eigenvalue weighted by Crippen LogP contribution is -2.42. The second-order valence-corrected chi connectivity index (χ2v) is 5.65. The van der Waals surface area contributed by atoms with Gasteiger partial charge in [0, 0.05) is 45.9 Å². The van der Waals surface area contributed by atoms with Gasteiger partial charge in [0.25, 0.3) is 0 Å². The molecule has 2 fully saturated rings. The van der Waals surface area contributed by atoms with Crippen LogP contribution in [0.4, 0.5) is 0 Å². The molecule has 0 aromatic heterocycles. The van der Waals surface area contributed by atoms with Gasteiger partial charge in [-0.25, -0.2) is 0 Å². The lowest BCUT2D eigenvalue weighted by atomic mass is 9.91. The van der Waals surface area contributed by atoms with E-state index in [-0.39, 0.29) is 0 Å². The third-order valence-corrected chi connectivity index (χ3v) is 4.29. The van der Waals surface area contributed by atoms with Crippen molar-refractivity contribution >= 4 is 0 Å². The average Bonchev–Trinajstić information content (AvgIpc) is 2.50. The van der Waals surface area contributed by atoms with Crippen LogP contribution in [0.25, 0.3) is 0 Å². The number of nitrogens with one attached hydrogen (secondary N) is 1. The van der Waals surface area contributed by atoms with Crippen LogP contribution in [-0.4, -0.2) is 44.3 Å². The molecule has 0 bridgehead atoms. The number of piperazine rings is 1.